The molecule has 0 spiro atoms. The fourth-order valence-corrected chi connectivity index (χ4v) is 2.46. The topological polar surface area (TPSA) is 21.3 Å². The molecule has 5 heteroatoms. The Morgan fingerprint density at radius 1 is 1.19 bits per heavy atom. The van der Waals surface area contributed by atoms with Crippen LogP contribution in [0.4, 0.5) is 13.2 Å². The van der Waals surface area contributed by atoms with Crippen molar-refractivity contribution in [2.24, 2.45) is 11.3 Å². The molecule has 0 unspecified atom stereocenters. The summed E-state index contributed by atoms with van der Waals surface area (Å²) in [6.45, 7) is 6.32. The minimum absolute atomic E-state index is 0.158. The lowest BCUT2D eigenvalue weighted by atomic mass is 9.96. The van der Waals surface area contributed by atoms with Gasteiger partial charge in [0.2, 0.25) is 0 Å². The number of hydrogen-bond acceptors (Lipinski definition) is 2. The second kappa shape index (κ2) is 6.26. The Balaban J connectivity index is 1.85. The van der Waals surface area contributed by atoms with Crippen molar-refractivity contribution in [2.45, 2.75) is 39.5 Å². The van der Waals surface area contributed by atoms with Crippen LogP contribution in [0.3, 0.4) is 0 Å². The molecular formula is C16H22F3NO. The third-order valence-electron chi connectivity index (χ3n) is 3.75. The van der Waals surface area contributed by atoms with E-state index in [4.69, 9.17) is 0 Å². The SMILES string of the molecule is CC(C)CNCC1(Cc2ccc(OC(F)(F)F)cc2)CC1. The first-order valence-electron chi connectivity index (χ1n) is 7.33. The Labute approximate surface area is 123 Å². The Morgan fingerprint density at radius 3 is 2.29 bits per heavy atom. The summed E-state index contributed by atoms with van der Waals surface area (Å²) in [5.74, 6) is 0.466. The molecule has 0 aromatic heterocycles. The van der Waals surface area contributed by atoms with E-state index in [9.17, 15) is 13.2 Å². The Bertz CT molecular complexity index is 450. The summed E-state index contributed by atoms with van der Waals surface area (Å²) in [6, 6.07) is 6.23. The first-order chi connectivity index (χ1) is 9.78. The van der Waals surface area contributed by atoms with Crippen LogP contribution in [-0.4, -0.2) is 19.5 Å². The van der Waals surface area contributed by atoms with Gasteiger partial charge in [-0.2, -0.15) is 0 Å². The van der Waals surface area contributed by atoms with Gasteiger partial charge in [-0.15, -0.1) is 13.2 Å². The molecule has 2 nitrogen and oxygen atoms in total. The van der Waals surface area contributed by atoms with Crippen LogP contribution in [0.2, 0.25) is 0 Å². The molecule has 0 amide bonds. The highest BCUT2D eigenvalue weighted by molar-refractivity contribution is 5.29. The molecule has 118 valence electrons. The predicted molar refractivity (Wildman–Crippen MR) is 76.2 cm³/mol. The number of ether oxygens (including phenoxy) is 1. The Kier molecular flexibility index (Phi) is 4.81. The van der Waals surface area contributed by atoms with Crippen molar-refractivity contribution >= 4 is 0 Å². The van der Waals surface area contributed by atoms with Crippen molar-refractivity contribution in [3.8, 4) is 5.75 Å². The zero-order chi connectivity index (χ0) is 15.5. The molecule has 0 heterocycles. The third kappa shape index (κ3) is 5.58. The number of hydrogen-bond donors (Lipinski definition) is 1. The maximum atomic E-state index is 12.1. The Hall–Kier alpha value is -1.23. The zero-order valence-electron chi connectivity index (χ0n) is 12.5. The fourth-order valence-electron chi connectivity index (χ4n) is 2.46. The summed E-state index contributed by atoms with van der Waals surface area (Å²) in [5, 5.41) is 3.48. The summed E-state index contributed by atoms with van der Waals surface area (Å²) in [6.07, 6.45) is -1.36. The molecule has 0 saturated heterocycles. The van der Waals surface area contributed by atoms with Crippen LogP contribution >= 0.6 is 0 Å². The van der Waals surface area contributed by atoms with E-state index < -0.39 is 6.36 Å². The lowest BCUT2D eigenvalue weighted by Gasteiger charge is -2.17. The lowest BCUT2D eigenvalue weighted by molar-refractivity contribution is -0.274. The van der Waals surface area contributed by atoms with Gasteiger partial charge in [-0.1, -0.05) is 26.0 Å². The average molecular weight is 301 g/mol. The molecule has 1 aromatic carbocycles. The van der Waals surface area contributed by atoms with Crippen molar-refractivity contribution in [2.75, 3.05) is 13.1 Å². The molecule has 0 aliphatic heterocycles. The number of halogens is 3. The molecule has 0 atom stereocenters. The number of benzene rings is 1. The molecule has 0 radical (unpaired) electrons. The predicted octanol–water partition coefficient (Wildman–Crippen LogP) is 4.15. The van der Waals surface area contributed by atoms with Gasteiger partial charge in [-0.3, -0.25) is 0 Å². The third-order valence-corrected chi connectivity index (χ3v) is 3.75. The van der Waals surface area contributed by atoms with Crippen LogP contribution in [0, 0.1) is 11.3 Å². The van der Waals surface area contributed by atoms with E-state index in [0.717, 1.165) is 25.1 Å². The van der Waals surface area contributed by atoms with Gasteiger partial charge in [0.15, 0.2) is 0 Å². The van der Waals surface area contributed by atoms with Gasteiger partial charge in [0.25, 0.3) is 0 Å². The second-order valence-corrected chi connectivity index (χ2v) is 6.39. The fraction of sp³-hybridized carbons (Fsp3) is 0.625. The number of nitrogens with one attached hydrogen (secondary N) is 1. The maximum Gasteiger partial charge on any atom is 0.573 e. The molecule has 1 aliphatic carbocycles. The average Bonchev–Trinajstić information content (AvgIpc) is 3.09. The van der Waals surface area contributed by atoms with Crippen LogP contribution < -0.4 is 10.1 Å². The van der Waals surface area contributed by atoms with E-state index in [1.165, 1.54) is 25.0 Å². The molecule has 1 aromatic rings. The van der Waals surface area contributed by atoms with Gasteiger partial charge in [-0.05, 0) is 54.8 Å². The molecule has 1 fully saturated rings. The monoisotopic (exact) mass is 301 g/mol. The highest BCUT2D eigenvalue weighted by atomic mass is 19.4. The van der Waals surface area contributed by atoms with Crippen LogP contribution in [0.15, 0.2) is 24.3 Å². The second-order valence-electron chi connectivity index (χ2n) is 6.39. The van der Waals surface area contributed by atoms with Crippen LogP contribution in [0.5, 0.6) is 5.75 Å². The van der Waals surface area contributed by atoms with E-state index >= 15 is 0 Å². The van der Waals surface area contributed by atoms with E-state index in [-0.39, 0.29) is 5.75 Å². The molecular weight excluding hydrogens is 279 g/mol. The smallest absolute Gasteiger partial charge is 0.406 e. The van der Waals surface area contributed by atoms with Gasteiger partial charge in [0.05, 0.1) is 0 Å². The van der Waals surface area contributed by atoms with Crippen LogP contribution in [0.25, 0.3) is 0 Å². The van der Waals surface area contributed by atoms with Gasteiger partial charge < -0.3 is 10.1 Å². The Morgan fingerprint density at radius 2 is 1.81 bits per heavy atom. The van der Waals surface area contributed by atoms with Gasteiger partial charge in [0, 0.05) is 6.54 Å². The van der Waals surface area contributed by atoms with Gasteiger partial charge >= 0.3 is 6.36 Å². The first kappa shape index (κ1) is 16.1. The summed E-state index contributed by atoms with van der Waals surface area (Å²) in [7, 11) is 0. The quantitative estimate of drug-likeness (QED) is 0.816. The first-order valence-corrected chi connectivity index (χ1v) is 7.33. The van der Waals surface area contributed by atoms with E-state index in [0.29, 0.717) is 11.3 Å². The van der Waals surface area contributed by atoms with E-state index in [1.807, 2.05) is 0 Å². The van der Waals surface area contributed by atoms with Crippen LogP contribution in [0.1, 0.15) is 32.3 Å². The highest BCUT2D eigenvalue weighted by Crippen LogP contribution is 2.47. The van der Waals surface area contributed by atoms with Crippen LogP contribution in [-0.2, 0) is 6.42 Å². The summed E-state index contributed by atoms with van der Waals surface area (Å²) >= 11 is 0. The summed E-state index contributed by atoms with van der Waals surface area (Å²) in [5.41, 5.74) is 1.36. The molecule has 1 N–H and O–H groups in total. The molecule has 1 aliphatic rings. The standard InChI is InChI=1S/C16H22F3NO/c1-12(2)10-20-11-15(7-8-15)9-13-3-5-14(6-4-13)21-16(17,18)19/h3-6,12,20H,7-11H2,1-2H3. The zero-order valence-corrected chi connectivity index (χ0v) is 12.5. The summed E-state index contributed by atoms with van der Waals surface area (Å²) in [4.78, 5) is 0. The largest absolute Gasteiger partial charge is 0.573 e. The van der Waals surface area contributed by atoms with E-state index in [1.54, 1.807) is 12.1 Å². The summed E-state index contributed by atoms with van der Waals surface area (Å²) < 4.78 is 40.2. The molecule has 2 rings (SSSR count). The number of rotatable bonds is 7. The molecule has 0 bridgehead atoms. The normalized spacial score (nSPS) is 17.0. The van der Waals surface area contributed by atoms with Crippen molar-refractivity contribution in [1.82, 2.24) is 5.32 Å². The van der Waals surface area contributed by atoms with Crippen molar-refractivity contribution in [1.29, 1.82) is 0 Å². The van der Waals surface area contributed by atoms with Gasteiger partial charge in [-0.25, -0.2) is 0 Å². The van der Waals surface area contributed by atoms with Gasteiger partial charge in [0.1, 0.15) is 5.75 Å². The van der Waals surface area contributed by atoms with Crippen molar-refractivity contribution in [3.05, 3.63) is 29.8 Å². The lowest BCUT2D eigenvalue weighted by Crippen LogP contribution is -2.28. The maximum absolute atomic E-state index is 12.1. The minimum atomic E-state index is -4.63. The van der Waals surface area contributed by atoms with E-state index in [2.05, 4.69) is 23.9 Å². The number of alkyl halides is 3. The molecule has 21 heavy (non-hydrogen) atoms. The van der Waals surface area contributed by atoms with Crippen molar-refractivity contribution in [3.63, 3.8) is 0 Å². The van der Waals surface area contributed by atoms with Crippen molar-refractivity contribution < 1.29 is 17.9 Å². The minimum Gasteiger partial charge on any atom is -0.406 e. The molecule has 1 saturated carbocycles. The highest BCUT2D eigenvalue weighted by Gasteiger charge is 2.41.